The molecule has 0 aliphatic heterocycles. The molecule has 0 aliphatic rings. The monoisotopic (exact) mass is 292 g/mol. The lowest BCUT2D eigenvalue weighted by atomic mass is 10.1. The lowest BCUT2D eigenvalue weighted by Gasteiger charge is -2.13. The van der Waals surface area contributed by atoms with Crippen LogP contribution in [0.4, 0.5) is 4.39 Å². The van der Waals surface area contributed by atoms with Crippen LogP contribution in [-0.2, 0) is 4.79 Å². The van der Waals surface area contributed by atoms with Gasteiger partial charge in [0.05, 0.1) is 6.61 Å². The Hall–Kier alpha value is -2.30. The molecule has 0 atom stereocenters. The normalized spacial score (nSPS) is 10.6. The summed E-state index contributed by atoms with van der Waals surface area (Å²) in [4.78, 5) is 11.7. The predicted molar refractivity (Wildman–Crippen MR) is 77.3 cm³/mol. The number of fused-ring (bicyclic) bond motifs is 1. The van der Waals surface area contributed by atoms with Crippen LogP contribution in [0.5, 0.6) is 17.2 Å². The Morgan fingerprint density at radius 3 is 2.62 bits per heavy atom. The molecule has 0 radical (unpaired) electrons. The van der Waals surface area contributed by atoms with Crippen LogP contribution in [0.1, 0.15) is 26.7 Å². The van der Waals surface area contributed by atoms with Crippen molar-refractivity contribution in [3.63, 3.8) is 0 Å². The molecule has 0 aliphatic carbocycles. The summed E-state index contributed by atoms with van der Waals surface area (Å²) < 4.78 is 24.0. The quantitative estimate of drug-likeness (QED) is 0.673. The molecule has 0 saturated heterocycles. The van der Waals surface area contributed by atoms with Gasteiger partial charge >= 0.3 is 5.97 Å². The molecule has 0 aromatic heterocycles. The molecule has 0 fully saturated rings. The summed E-state index contributed by atoms with van der Waals surface area (Å²) in [5.41, 5.74) is 0. The number of aromatic hydroxyl groups is 1. The first kappa shape index (κ1) is 15.1. The fraction of sp³-hybridized carbons (Fsp3) is 0.312. The molecule has 4 nitrogen and oxygen atoms in total. The van der Waals surface area contributed by atoms with Crippen molar-refractivity contribution in [3.05, 3.63) is 30.1 Å². The Morgan fingerprint density at radius 2 is 1.95 bits per heavy atom. The van der Waals surface area contributed by atoms with Crippen LogP contribution in [0.2, 0.25) is 0 Å². The minimum absolute atomic E-state index is 0.0952. The summed E-state index contributed by atoms with van der Waals surface area (Å²) >= 11 is 0. The van der Waals surface area contributed by atoms with Crippen molar-refractivity contribution in [2.75, 3.05) is 6.61 Å². The summed E-state index contributed by atoms with van der Waals surface area (Å²) in [6.07, 6.45) is 0.920. The minimum atomic E-state index is -0.473. The van der Waals surface area contributed by atoms with E-state index in [1.165, 1.54) is 24.3 Å². The maximum atomic E-state index is 13.4. The van der Waals surface area contributed by atoms with Crippen molar-refractivity contribution in [1.29, 1.82) is 0 Å². The molecular formula is C16H17FO4. The van der Waals surface area contributed by atoms with Crippen molar-refractivity contribution in [3.8, 4) is 17.2 Å². The Kier molecular flexibility index (Phi) is 4.62. The van der Waals surface area contributed by atoms with Crippen LogP contribution in [-0.4, -0.2) is 17.7 Å². The summed E-state index contributed by atoms with van der Waals surface area (Å²) in [7, 11) is 0. The van der Waals surface area contributed by atoms with Gasteiger partial charge in [-0.25, -0.2) is 4.39 Å². The van der Waals surface area contributed by atoms with E-state index in [0.29, 0.717) is 23.8 Å². The fourth-order valence-corrected chi connectivity index (χ4v) is 2.05. The molecule has 0 saturated carbocycles. The molecule has 0 unspecified atom stereocenters. The Bertz CT molecular complexity index is 667. The van der Waals surface area contributed by atoms with E-state index in [1.807, 2.05) is 6.92 Å². The number of esters is 1. The van der Waals surface area contributed by atoms with Crippen molar-refractivity contribution < 1.29 is 23.8 Å². The van der Waals surface area contributed by atoms with E-state index in [1.54, 1.807) is 6.92 Å². The molecular weight excluding hydrogens is 275 g/mol. The van der Waals surface area contributed by atoms with Gasteiger partial charge in [0.1, 0.15) is 11.6 Å². The standard InChI is InChI=1S/C16H17FO4/c1-3-5-15(18)21-13-9-14(20-4-2)16(19)11-7-6-10(17)8-12(11)13/h6-9,19H,3-5H2,1-2H3. The van der Waals surface area contributed by atoms with Gasteiger partial charge in [0, 0.05) is 23.3 Å². The average Bonchev–Trinajstić information content (AvgIpc) is 2.44. The van der Waals surface area contributed by atoms with Gasteiger partial charge in [-0.3, -0.25) is 4.79 Å². The number of phenols is 1. The first-order valence-electron chi connectivity index (χ1n) is 6.85. The highest BCUT2D eigenvalue weighted by atomic mass is 19.1. The molecule has 21 heavy (non-hydrogen) atoms. The van der Waals surface area contributed by atoms with Crippen molar-refractivity contribution in [2.24, 2.45) is 0 Å². The van der Waals surface area contributed by atoms with Gasteiger partial charge in [-0.1, -0.05) is 6.92 Å². The topological polar surface area (TPSA) is 55.8 Å². The van der Waals surface area contributed by atoms with Gasteiger partial charge in [0.2, 0.25) is 0 Å². The van der Waals surface area contributed by atoms with Gasteiger partial charge in [-0.05, 0) is 31.5 Å². The summed E-state index contributed by atoms with van der Waals surface area (Å²) in [6, 6.07) is 5.29. The van der Waals surface area contributed by atoms with Crippen LogP contribution in [0.3, 0.4) is 0 Å². The first-order valence-corrected chi connectivity index (χ1v) is 6.85. The second-order valence-electron chi connectivity index (χ2n) is 4.57. The van der Waals surface area contributed by atoms with E-state index >= 15 is 0 Å². The molecule has 2 aromatic carbocycles. The van der Waals surface area contributed by atoms with Crippen molar-refractivity contribution in [2.45, 2.75) is 26.7 Å². The van der Waals surface area contributed by atoms with E-state index < -0.39 is 11.8 Å². The number of ether oxygens (including phenoxy) is 2. The van der Waals surface area contributed by atoms with Crippen molar-refractivity contribution >= 4 is 16.7 Å². The number of hydrogen-bond acceptors (Lipinski definition) is 4. The molecule has 2 aromatic rings. The van der Waals surface area contributed by atoms with E-state index in [9.17, 15) is 14.3 Å². The van der Waals surface area contributed by atoms with E-state index in [2.05, 4.69) is 0 Å². The molecule has 0 spiro atoms. The predicted octanol–water partition coefficient (Wildman–Crippen LogP) is 3.79. The molecule has 0 heterocycles. The average molecular weight is 292 g/mol. The van der Waals surface area contributed by atoms with Gasteiger partial charge in [0.15, 0.2) is 11.5 Å². The summed E-state index contributed by atoms with van der Waals surface area (Å²) in [6.45, 7) is 3.99. The summed E-state index contributed by atoms with van der Waals surface area (Å²) in [5, 5.41) is 10.9. The molecule has 1 N–H and O–H groups in total. The van der Waals surface area contributed by atoms with Crippen LogP contribution < -0.4 is 9.47 Å². The van der Waals surface area contributed by atoms with Gasteiger partial charge < -0.3 is 14.6 Å². The maximum absolute atomic E-state index is 13.4. The number of benzene rings is 2. The zero-order valence-corrected chi connectivity index (χ0v) is 12.0. The van der Waals surface area contributed by atoms with Crippen LogP contribution in [0, 0.1) is 5.82 Å². The minimum Gasteiger partial charge on any atom is -0.504 e. The molecule has 5 heteroatoms. The Morgan fingerprint density at radius 1 is 1.19 bits per heavy atom. The lowest BCUT2D eigenvalue weighted by Crippen LogP contribution is -2.07. The highest BCUT2D eigenvalue weighted by Gasteiger charge is 2.16. The zero-order chi connectivity index (χ0) is 15.4. The molecule has 0 amide bonds. The zero-order valence-electron chi connectivity index (χ0n) is 12.0. The largest absolute Gasteiger partial charge is 0.504 e. The SMILES string of the molecule is CCCC(=O)Oc1cc(OCC)c(O)c2ccc(F)cc12. The molecule has 0 bridgehead atoms. The van der Waals surface area contributed by atoms with Crippen LogP contribution in [0.15, 0.2) is 24.3 Å². The van der Waals surface area contributed by atoms with Gasteiger partial charge in [-0.2, -0.15) is 0 Å². The first-order chi connectivity index (χ1) is 10.1. The number of phenolic OH excluding ortho intramolecular Hbond substituents is 1. The second kappa shape index (κ2) is 6.43. The van der Waals surface area contributed by atoms with E-state index in [4.69, 9.17) is 9.47 Å². The van der Waals surface area contributed by atoms with E-state index in [0.717, 1.165) is 0 Å². The smallest absolute Gasteiger partial charge is 0.311 e. The van der Waals surface area contributed by atoms with Crippen LogP contribution in [0.25, 0.3) is 10.8 Å². The lowest BCUT2D eigenvalue weighted by molar-refractivity contribution is -0.134. The van der Waals surface area contributed by atoms with E-state index in [-0.39, 0.29) is 23.7 Å². The number of hydrogen-bond donors (Lipinski definition) is 1. The number of carbonyl (C=O) groups is 1. The fourth-order valence-electron chi connectivity index (χ4n) is 2.05. The molecule has 2 rings (SSSR count). The Balaban J connectivity index is 2.57. The third-order valence-corrected chi connectivity index (χ3v) is 2.98. The third-order valence-electron chi connectivity index (χ3n) is 2.98. The highest BCUT2D eigenvalue weighted by Crippen LogP contribution is 2.41. The number of halogens is 1. The maximum Gasteiger partial charge on any atom is 0.311 e. The van der Waals surface area contributed by atoms with Crippen molar-refractivity contribution in [1.82, 2.24) is 0 Å². The van der Waals surface area contributed by atoms with Crippen LogP contribution >= 0.6 is 0 Å². The number of carbonyl (C=O) groups excluding carboxylic acids is 1. The molecule has 112 valence electrons. The Labute approximate surface area is 122 Å². The van der Waals surface area contributed by atoms with Gasteiger partial charge in [0.25, 0.3) is 0 Å². The second-order valence-corrected chi connectivity index (χ2v) is 4.57. The highest BCUT2D eigenvalue weighted by molar-refractivity contribution is 5.96. The number of rotatable bonds is 5. The van der Waals surface area contributed by atoms with Gasteiger partial charge in [-0.15, -0.1) is 0 Å². The third kappa shape index (κ3) is 3.24. The summed E-state index contributed by atoms with van der Waals surface area (Å²) in [5.74, 6) is -0.586.